The van der Waals surface area contributed by atoms with Crippen molar-refractivity contribution in [2.45, 2.75) is 0 Å². The summed E-state index contributed by atoms with van der Waals surface area (Å²) in [5.74, 6) is 1.71. The van der Waals surface area contributed by atoms with Crippen molar-refractivity contribution in [3.63, 3.8) is 0 Å². The molecule has 0 aromatic heterocycles. The smallest absolute Gasteiger partial charge is 0.220 e. The van der Waals surface area contributed by atoms with Gasteiger partial charge < -0.3 is 14.2 Å². The van der Waals surface area contributed by atoms with E-state index in [9.17, 15) is 4.79 Å². The first-order chi connectivity index (χ1) is 9.69. The Labute approximate surface area is 117 Å². The van der Waals surface area contributed by atoms with Crippen LogP contribution < -0.4 is 19.6 Å². The van der Waals surface area contributed by atoms with Crippen LogP contribution in [0.3, 0.4) is 0 Å². The minimum absolute atomic E-state index is 0.161. The van der Waals surface area contributed by atoms with E-state index in [1.54, 1.807) is 32.4 Å². The van der Waals surface area contributed by atoms with Crippen molar-refractivity contribution in [2.24, 2.45) is 0 Å². The zero-order chi connectivity index (χ0) is 14.5. The van der Waals surface area contributed by atoms with Crippen LogP contribution in [0.15, 0.2) is 47.3 Å². The van der Waals surface area contributed by atoms with Gasteiger partial charge in [0.1, 0.15) is 11.5 Å². The molecule has 0 amide bonds. The van der Waals surface area contributed by atoms with Gasteiger partial charge in [-0.1, -0.05) is 12.1 Å². The van der Waals surface area contributed by atoms with Gasteiger partial charge in [0.2, 0.25) is 5.43 Å². The summed E-state index contributed by atoms with van der Waals surface area (Å²) in [5, 5.41) is 0. The van der Waals surface area contributed by atoms with Gasteiger partial charge in [-0.2, -0.15) is 0 Å². The first kappa shape index (κ1) is 13.9. The standard InChI is InChI=1S/C16H16O4/c1-18-12-6-7-13(16(10-12)20-3)11-4-8-14(17)15(19-2)9-5-11/h4-10H,1-3H3. The molecule has 4 nitrogen and oxygen atoms in total. The van der Waals surface area contributed by atoms with Gasteiger partial charge in [-0.05, 0) is 29.8 Å². The third-order valence-corrected chi connectivity index (χ3v) is 3.01. The predicted molar refractivity (Wildman–Crippen MR) is 77.8 cm³/mol. The van der Waals surface area contributed by atoms with Gasteiger partial charge in [0.25, 0.3) is 0 Å². The molecule has 20 heavy (non-hydrogen) atoms. The molecule has 0 aliphatic heterocycles. The van der Waals surface area contributed by atoms with E-state index < -0.39 is 0 Å². The number of hydrogen-bond acceptors (Lipinski definition) is 4. The molecule has 104 valence electrons. The van der Waals surface area contributed by atoms with Gasteiger partial charge in [0.05, 0.1) is 21.3 Å². The van der Waals surface area contributed by atoms with Crippen LogP contribution in [0.1, 0.15) is 0 Å². The Hall–Kier alpha value is -2.49. The molecule has 0 bridgehead atoms. The third kappa shape index (κ3) is 2.74. The Kier molecular flexibility index (Phi) is 4.25. The summed E-state index contributed by atoms with van der Waals surface area (Å²) in [4.78, 5) is 11.7. The fourth-order valence-electron chi connectivity index (χ4n) is 1.94. The summed E-state index contributed by atoms with van der Waals surface area (Å²) in [6.45, 7) is 0. The van der Waals surface area contributed by atoms with E-state index >= 15 is 0 Å². The summed E-state index contributed by atoms with van der Waals surface area (Å²) in [7, 11) is 4.68. The van der Waals surface area contributed by atoms with Crippen LogP contribution in [0.5, 0.6) is 17.2 Å². The number of rotatable bonds is 4. The summed E-state index contributed by atoms with van der Waals surface area (Å²) >= 11 is 0. The maximum Gasteiger partial charge on any atom is 0.220 e. The lowest BCUT2D eigenvalue weighted by Crippen LogP contribution is -1.98. The highest BCUT2D eigenvalue weighted by Gasteiger charge is 2.07. The zero-order valence-electron chi connectivity index (χ0n) is 11.7. The van der Waals surface area contributed by atoms with Crippen LogP contribution in [0, 0.1) is 0 Å². The first-order valence-corrected chi connectivity index (χ1v) is 6.10. The van der Waals surface area contributed by atoms with Crippen molar-refractivity contribution in [1.29, 1.82) is 0 Å². The van der Waals surface area contributed by atoms with E-state index in [2.05, 4.69) is 0 Å². The van der Waals surface area contributed by atoms with E-state index in [1.165, 1.54) is 13.2 Å². The topological polar surface area (TPSA) is 44.8 Å². The Bertz CT molecular complexity index is 665. The molecule has 2 rings (SSSR count). The quantitative estimate of drug-likeness (QED) is 0.858. The molecular weight excluding hydrogens is 256 g/mol. The van der Waals surface area contributed by atoms with E-state index in [1.807, 2.05) is 18.2 Å². The lowest BCUT2D eigenvalue weighted by molar-refractivity contribution is 0.395. The molecule has 2 aromatic carbocycles. The van der Waals surface area contributed by atoms with Gasteiger partial charge >= 0.3 is 0 Å². The van der Waals surface area contributed by atoms with Crippen molar-refractivity contribution >= 4 is 0 Å². The molecule has 2 aromatic rings. The van der Waals surface area contributed by atoms with Crippen molar-refractivity contribution in [3.05, 3.63) is 52.7 Å². The van der Waals surface area contributed by atoms with Gasteiger partial charge in [-0.25, -0.2) is 0 Å². The van der Waals surface area contributed by atoms with E-state index in [4.69, 9.17) is 14.2 Å². The molecule has 0 heterocycles. The normalized spacial score (nSPS) is 9.95. The highest BCUT2D eigenvalue weighted by atomic mass is 16.5. The highest BCUT2D eigenvalue weighted by Crippen LogP contribution is 2.32. The second kappa shape index (κ2) is 6.10. The zero-order valence-corrected chi connectivity index (χ0v) is 11.7. The van der Waals surface area contributed by atoms with Gasteiger partial charge in [0, 0.05) is 11.6 Å². The fraction of sp³-hybridized carbons (Fsp3) is 0.188. The van der Waals surface area contributed by atoms with E-state index in [0.717, 1.165) is 11.1 Å². The molecule has 0 radical (unpaired) electrons. The SMILES string of the molecule is COc1ccc(-c2ccc(OC)c(=O)cc2)c(OC)c1. The van der Waals surface area contributed by atoms with Gasteiger partial charge in [-0.15, -0.1) is 0 Å². The fourth-order valence-corrected chi connectivity index (χ4v) is 1.94. The molecule has 0 spiro atoms. The highest BCUT2D eigenvalue weighted by molar-refractivity contribution is 5.71. The van der Waals surface area contributed by atoms with Crippen LogP contribution in [-0.2, 0) is 0 Å². The monoisotopic (exact) mass is 272 g/mol. The Balaban J connectivity index is 2.57. The molecule has 0 fully saturated rings. The summed E-state index contributed by atoms with van der Waals surface area (Å²) in [6, 6.07) is 12.3. The average Bonchev–Trinajstić information content (AvgIpc) is 2.68. The van der Waals surface area contributed by atoms with Crippen LogP contribution in [-0.4, -0.2) is 21.3 Å². The Morgan fingerprint density at radius 1 is 0.750 bits per heavy atom. The van der Waals surface area contributed by atoms with Crippen LogP contribution >= 0.6 is 0 Å². The molecule has 0 atom stereocenters. The number of hydrogen-bond donors (Lipinski definition) is 0. The van der Waals surface area contributed by atoms with Crippen LogP contribution in [0.2, 0.25) is 0 Å². The molecule has 0 unspecified atom stereocenters. The van der Waals surface area contributed by atoms with Gasteiger partial charge in [0.15, 0.2) is 5.75 Å². The minimum Gasteiger partial charge on any atom is -0.497 e. The largest absolute Gasteiger partial charge is 0.497 e. The molecule has 0 aliphatic carbocycles. The molecule has 4 heteroatoms. The van der Waals surface area contributed by atoms with Crippen molar-refractivity contribution in [3.8, 4) is 28.4 Å². The number of benzene rings is 1. The molecule has 0 saturated carbocycles. The predicted octanol–water partition coefficient (Wildman–Crippen LogP) is 2.74. The molecule has 0 N–H and O–H groups in total. The Morgan fingerprint density at radius 3 is 2.10 bits per heavy atom. The minimum atomic E-state index is -0.161. The second-order valence-electron chi connectivity index (χ2n) is 4.12. The first-order valence-electron chi connectivity index (χ1n) is 6.10. The maximum absolute atomic E-state index is 11.7. The number of ether oxygens (including phenoxy) is 3. The van der Waals surface area contributed by atoms with E-state index in [0.29, 0.717) is 17.2 Å². The second-order valence-corrected chi connectivity index (χ2v) is 4.12. The number of methoxy groups -OCH3 is 3. The van der Waals surface area contributed by atoms with Crippen LogP contribution in [0.4, 0.5) is 0 Å². The average molecular weight is 272 g/mol. The van der Waals surface area contributed by atoms with Crippen LogP contribution in [0.25, 0.3) is 11.1 Å². The van der Waals surface area contributed by atoms with E-state index in [-0.39, 0.29) is 5.43 Å². The lowest BCUT2D eigenvalue weighted by atomic mass is 10.1. The molecular formula is C16H16O4. The maximum atomic E-state index is 11.7. The van der Waals surface area contributed by atoms with Crippen molar-refractivity contribution < 1.29 is 14.2 Å². The van der Waals surface area contributed by atoms with Crippen molar-refractivity contribution in [1.82, 2.24) is 0 Å². The van der Waals surface area contributed by atoms with Crippen molar-refractivity contribution in [2.75, 3.05) is 21.3 Å². The van der Waals surface area contributed by atoms with Gasteiger partial charge in [-0.3, -0.25) is 4.79 Å². The lowest BCUT2D eigenvalue weighted by Gasteiger charge is -2.09. The summed E-state index contributed by atoms with van der Waals surface area (Å²) in [5.41, 5.74) is 1.59. The summed E-state index contributed by atoms with van der Waals surface area (Å²) in [6.07, 6.45) is 0. The third-order valence-electron chi connectivity index (χ3n) is 3.01. The summed E-state index contributed by atoms with van der Waals surface area (Å²) < 4.78 is 15.6. The molecule has 0 saturated heterocycles. The Morgan fingerprint density at radius 2 is 1.45 bits per heavy atom. The molecule has 0 aliphatic rings.